The lowest BCUT2D eigenvalue weighted by Crippen LogP contribution is -2.06. The highest BCUT2D eigenvalue weighted by atomic mass is 19.1. The van der Waals surface area contributed by atoms with Gasteiger partial charge in [-0.25, -0.2) is 4.39 Å². The number of benzene rings is 1. The number of carbonyl (C=O) groups excluding carboxylic acids is 1. The van der Waals surface area contributed by atoms with E-state index >= 15 is 0 Å². The van der Waals surface area contributed by atoms with E-state index in [9.17, 15) is 9.18 Å². The second-order valence-electron chi connectivity index (χ2n) is 5.42. The first-order chi connectivity index (χ1) is 11.5. The molecule has 1 aromatic carbocycles. The van der Waals surface area contributed by atoms with Crippen molar-refractivity contribution >= 4 is 12.0 Å². The zero-order chi connectivity index (χ0) is 17.7. The molecule has 2 rings (SSSR count). The highest BCUT2D eigenvalue weighted by Crippen LogP contribution is 2.31. The molecule has 0 saturated heterocycles. The molecule has 0 saturated carbocycles. The maximum Gasteiger partial charge on any atom is 0.171 e. The van der Waals surface area contributed by atoms with Crippen molar-refractivity contribution in [1.82, 2.24) is 10.5 Å². The van der Waals surface area contributed by atoms with Gasteiger partial charge in [-0.2, -0.15) is 0 Å². The van der Waals surface area contributed by atoms with E-state index in [0.29, 0.717) is 23.4 Å². The highest BCUT2D eigenvalue weighted by Gasteiger charge is 2.20. The van der Waals surface area contributed by atoms with Crippen molar-refractivity contribution in [2.75, 3.05) is 6.54 Å². The van der Waals surface area contributed by atoms with E-state index in [4.69, 9.17) is 9.93 Å². The lowest BCUT2D eigenvalue weighted by atomic mass is 9.96. The normalized spacial score (nSPS) is 11.4. The quantitative estimate of drug-likeness (QED) is 0.600. The average molecular weight is 329 g/mol. The zero-order valence-electron chi connectivity index (χ0n) is 13.9. The molecular weight excluding hydrogens is 309 g/mol. The number of halogens is 1. The lowest BCUT2D eigenvalue weighted by Gasteiger charge is -2.08. The van der Waals surface area contributed by atoms with Crippen LogP contribution in [0.15, 0.2) is 34.5 Å². The zero-order valence-corrected chi connectivity index (χ0v) is 13.9. The molecule has 0 fully saturated rings. The SMILES string of the molecule is CCN/C=C(\C=N)Cc1c(C)noc1-c1ccc(F)cc1C(C)=O. The van der Waals surface area contributed by atoms with Crippen LogP contribution >= 0.6 is 0 Å². The van der Waals surface area contributed by atoms with Gasteiger partial charge in [-0.1, -0.05) is 5.16 Å². The fourth-order valence-electron chi connectivity index (χ4n) is 2.40. The molecule has 0 amide bonds. The number of allylic oxidation sites excluding steroid dienone is 1. The summed E-state index contributed by atoms with van der Waals surface area (Å²) in [5, 5.41) is 14.6. The van der Waals surface area contributed by atoms with Gasteiger partial charge in [0, 0.05) is 42.1 Å². The third-order valence-corrected chi connectivity index (χ3v) is 3.65. The maximum absolute atomic E-state index is 13.5. The van der Waals surface area contributed by atoms with Gasteiger partial charge >= 0.3 is 0 Å². The van der Waals surface area contributed by atoms with Crippen LogP contribution in [0.5, 0.6) is 0 Å². The predicted octanol–water partition coefficient (Wildman–Crippen LogP) is 3.68. The Balaban J connectivity index is 2.51. The number of carbonyl (C=O) groups is 1. The molecule has 1 aromatic heterocycles. The van der Waals surface area contributed by atoms with Gasteiger partial charge in [0.15, 0.2) is 11.5 Å². The average Bonchev–Trinajstić information content (AvgIpc) is 2.91. The van der Waals surface area contributed by atoms with Crippen LogP contribution in [0.3, 0.4) is 0 Å². The molecule has 5 nitrogen and oxygen atoms in total. The first-order valence-corrected chi connectivity index (χ1v) is 7.66. The Morgan fingerprint density at radius 3 is 2.83 bits per heavy atom. The molecule has 1 heterocycles. The largest absolute Gasteiger partial charge is 0.391 e. The Kier molecular flexibility index (Phi) is 5.63. The summed E-state index contributed by atoms with van der Waals surface area (Å²) in [5.41, 5.74) is 2.95. The standard InChI is InChI=1S/C18H20FN3O2/c1-4-21-10-13(9-20)7-16-11(2)22-24-18(16)15-6-5-14(19)8-17(15)12(3)23/h5-6,8-10,20-21H,4,7H2,1-3H3/b13-10-,20-9?. The fourth-order valence-corrected chi connectivity index (χ4v) is 2.40. The molecule has 126 valence electrons. The fraction of sp³-hybridized carbons (Fsp3) is 0.278. The first-order valence-electron chi connectivity index (χ1n) is 7.66. The minimum Gasteiger partial charge on any atom is -0.391 e. The number of nitrogens with one attached hydrogen (secondary N) is 2. The van der Waals surface area contributed by atoms with Crippen LogP contribution in [-0.2, 0) is 6.42 Å². The van der Waals surface area contributed by atoms with Gasteiger partial charge in [-0.05, 0) is 44.5 Å². The van der Waals surface area contributed by atoms with Gasteiger partial charge < -0.3 is 15.2 Å². The van der Waals surface area contributed by atoms with Gasteiger partial charge in [0.1, 0.15) is 5.82 Å². The van der Waals surface area contributed by atoms with Crippen molar-refractivity contribution in [3.8, 4) is 11.3 Å². The smallest absolute Gasteiger partial charge is 0.171 e. The Hall–Kier alpha value is -2.76. The predicted molar refractivity (Wildman–Crippen MR) is 90.9 cm³/mol. The summed E-state index contributed by atoms with van der Waals surface area (Å²) in [6.07, 6.45) is 3.45. The van der Waals surface area contributed by atoms with Crippen LogP contribution in [-0.4, -0.2) is 23.7 Å². The number of hydrogen-bond donors (Lipinski definition) is 2. The molecular formula is C18H20FN3O2. The molecule has 6 heteroatoms. The second kappa shape index (κ2) is 7.68. The summed E-state index contributed by atoms with van der Waals surface area (Å²) in [6, 6.07) is 4.01. The van der Waals surface area contributed by atoms with Gasteiger partial charge in [0.25, 0.3) is 0 Å². The summed E-state index contributed by atoms with van der Waals surface area (Å²) < 4.78 is 18.9. The minimum atomic E-state index is -0.478. The van der Waals surface area contributed by atoms with E-state index in [-0.39, 0.29) is 11.3 Å². The van der Waals surface area contributed by atoms with Crippen LogP contribution in [0, 0.1) is 18.2 Å². The molecule has 2 N–H and O–H groups in total. The Labute approximate surface area is 140 Å². The highest BCUT2D eigenvalue weighted by molar-refractivity contribution is 6.00. The summed E-state index contributed by atoms with van der Waals surface area (Å²) in [6.45, 7) is 5.90. The Bertz CT molecular complexity index is 794. The topological polar surface area (TPSA) is 79.0 Å². The molecule has 0 aliphatic carbocycles. The van der Waals surface area contributed by atoms with E-state index in [1.165, 1.54) is 31.3 Å². The van der Waals surface area contributed by atoms with Crippen molar-refractivity contribution < 1.29 is 13.7 Å². The first kappa shape index (κ1) is 17.6. The minimum absolute atomic E-state index is 0.250. The van der Waals surface area contributed by atoms with E-state index in [2.05, 4.69) is 10.5 Å². The molecule has 0 aliphatic rings. The number of Topliss-reactive ketones (excluding diaryl/α,β-unsaturated/α-hetero) is 1. The van der Waals surface area contributed by atoms with Gasteiger partial charge in [0.05, 0.1) is 5.69 Å². The van der Waals surface area contributed by atoms with Crippen molar-refractivity contribution in [1.29, 1.82) is 5.41 Å². The van der Waals surface area contributed by atoms with Gasteiger partial charge in [-0.15, -0.1) is 0 Å². The second-order valence-corrected chi connectivity index (χ2v) is 5.42. The van der Waals surface area contributed by atoms with Crippen molar-refractivity contribution in [2.45, 2.75) is 27.2 Å². The number of ketones is 1. The van der Waals surface area contributed by atoms with Crippen molar-refractivity contribution in [3.63, 3.8) is 0 Å². The maximum atomic E-state index is 13.5. The monoisotopic (exact) mass is 329 g/mol. The number of nitrogens with zero attached hydrogens (tertiary/aromatic N) is 1. The third-order valence-electron chi connectivity index (χ3n) is 3.65. The van der Waals surface area contributed by atoms with E-state index in [1.807, 2.05) is 6.92 Å². The van der Waals surface area contributed by atoms with Crippen LogP contribution in [0.1, 0.15) is 35.5 Å². The van der Waals surface area contributed by atoms with Crippen LogP contribution < -0.4 is 5.32 Å². The summed E-state index contributed by atoms with van der Waals surface area (Å²) in [4.78, 5) is 11.8. The summed E-state index contributed by atoms with van der Waals surface area (Å²) in [5.74, 6) is -0.295. The molecule has 24 heavy (non-hydrogen) atoms. The van der Waals surface area contributed by atoms with Crippen LogP contribution in [0.25, 0.3) is 11.3 Å². The Morgan fingerprint density at radius 2 is 2.21 bits per heavy atom. The number of aryl methyl sites for hydroxylation is 1. The molecule has 0 bridgehead atoms. The van der Waals surface area contributed by atoms with Gasteiger partial charge in [0.2, 0.25) is 0 Å². The molecule has 0 aliphatic heterocycles. The number of rotatable bonds is 7. The van der Waals surface area contributed by atoms with Gasteiger partial charge in [-0.3, -0.25) is 4.79 Å². The summed E-state index contributed by atoms with van der Waals surface area (Å²) >= 11 is 0. The lowest BCUT2D eigenvalue weighted by molar-refractivity contribution is 0.101. The van der Waals surface area contributed by atoms with E-state index in [0.717, 1.165) is 17.7 Å². The molecule has 0 spiro atoms. The molecule has 2 aromatic rings. The van der Waals surface area contributed by atoms with E-state index in [1.54, 1.807) is 13.1 Å². The van der Waals surface area contributed by atoms with Crippen LogP contribution in [0.4, 0.5) is 4.39 Å². The third kappa shape index (κ3) is 3.76. The van der Waals surface area contributed by atoms with Crippen LogP contribution in [0.2, 0.25) is 0 Å². The van der Waals surface area contributed by atoms with E-state index < -0.39 is 5.82 Å². The number of aromatic nitrogens is 1. The van der Waals surface area contributed by atoms with Crippen molar-refractivity contribution in [3.05, 3.63) is 52.6 Å². The number of hydrogen-bond acceptors (Lipinski definition) is 5. The molecule has 0 atom stereocenters. The molecule has 0 radical (unpaired) electrons. The summed E-state index contributed by atoms with van der Waals surface area (Å²) in [7, 11) is 0. The molecule has 0 unspecified atom stereocenters. The Morgan fingerprint density at radius 1 is 1.46 bits per heavy atom. The van der Waals surface area contributed by atoms with Crippen molar-refractivity contribution in [2.24, 2.45) is 0 Å².